The Bertz CT molecular complexity index is 402. The molecule has 0 radical (unpaired) electrons. The van der Waals surface area contributed by atoms with Crippen LogP contribution in [0.1, 0.15) is 50.2 Å². The molecule has 1 N–H and O–H groups in total. The fourth-order valence-corrected chi connectivity index (χ4v) is 3.21. The van der Waals surface area contributed by atoms with E-state index >= 15 is 0 Å². The molecule has 0 spiro atoms. The molecule has 0 heterocycles. The first-order valence-corrected chi connectivity index (χ1v) is 7.61. The van der Waals surface area contributed by atoms with Gasteiger partial charge < -0.3 is 5.32 Å². The second-order valence-corrected chi connectivity index (χ2v) is 6.17. The minimum Gasteiger partial charge on any atom is -0.313 e. The Balaban J connectivity index is 1.69. The van der Waals surface area contributed by atoms with Gasteiger partial charge in [0.2, 0.25) is 0 Å². The van der Waals surface area contributed by atoms with Crippen LogP contribution in [0, 0.1) is 24.6 Å². The zero-order valence-corrected chi connectivity index (χ0v) is 12.2. The van der Waals surface area contributed by atoms with Gasteiger partial charge in [0, 0.05) is 6.54 Å². The summed E-state index contributed by atoms with van der Waals surface area (Å²) in [4.78, 5) is 0. The van der Waals surface area contributed by atoms with Crippen LogP contribution >= 0.6 is 0 Å². The van der Waals surface area contributed by atoms with Gasteiger partial charge in [-0.25, -0.2) is 4.39 Å². The van der Waals surface area contributed by atoms with Crippen molar-refractivity contribution in [2.75, 3.05) is 6.54 Å². The summed E-state index contributed by atoms with van der Waals surface area (Å²) in [5, 5.41) is 3.50. The second kappa shape index (κ2) is 7.04. The minimum absolute atomic E-state index is 0.141. The van der Waals surface area contributed by atoms with Crippen molar-refractivity contribution in [1.29, 1.82) is 0 Å². The molecule has 0 aliphatic heterocycles. The molecular formula is C17H26FN. The van der Waals surface area contributed by atoms with Crippen molar-refractivity contribution >= 4 is 0 Å². The fraction of sp³-hybridized carbons (Fsp3) is 0.647. The van der Waals surface area contributed by atoms with Crippen molar-refractivity contribution in [2.45, 2.75) is 52.5 Å². The van der Waals surface area contributed by atoms with Crippen LogP contribution in [0.4, 0.5) is 4.39 Å². The number of nitrogens with one attached hydrogen (secondary N) is 1. The summed E-state index contributed by atoms with van der Waals surface area (Å²) in [7, 11) is 0. The highest BCUT2D eigenvalue weighted by molar-refractivity contribution is 5.26. The van der Waals surface area contributed by atoms with Crippen LogP contribution in [0.5, 0.6) is 0 Å². The predicted octanol–water partition coefficient (Wildman–Crippen LogP) is 4.44. The van der Waals surface area contributed by atoms with Gasteiger partial charge >= 0.3 is 0 Å². The van der Waals surface area contributed by atoms with Gasteiger partial charge in [-0.3, -0.25) is 0 Å². The van der Waals surface area contributed by atoms with Crippen LogP contribution in [0.2, 0.25) is 0 Å². The molecule has 1 aromatic carbocycles. The lowest BCUT2D eigenvalue weighted by molar-refractivity contribution is 0.267. The standard InChI is InChI=1S/C17H26FN/c1-13-4-3-5-15(10-13)8-9-19-12-16-6-7-17(18)11-14(16)2/h6-7,11,13,15,19H,3-5,8-10,12H2,1-2H3. The number of benzene rings is 1. The van der Waals surface area contributed by atoms with Gasteiger partial charge in [0.25, 0.3) is 0 Å². The van der Waals surface area contributed by atoms with E-state index in [9.17, 15) is 4.39 Å². The van der Waals surface area contributed by atoms with E-state index in [0.29, 0.717) is 0 Å². The van der Waals surface area contributed by atoms with Crippen molar-refractivity contribution in [1.82, 2.24) is 5.32 Å². The smallest absolute Gasteiger partial charge is 0.123 e. The summed E-state index contributed by atoms with van der Waals surface area (Å²) in [6.45, 7) is 6.28. The van der Waals surface area contributed by atoms with Gasteiger partial charge in [-0.05, 0) is 61.4 Å². The molecule has 2 heteroatoms. The summed E-state index contributed by atoms with van der Waals surface area (Å²) < 4.78 is 13.0. The molecule has 1 aliphatic carbocycles. The minimum atomic E-state index is -0.141. The molecule has 1 fully saturated rings. The monoisotopic (exact) mass is 263 g/mol. The van der Waals surface area contributed by atoms with Gasteiger partial charge in [0.1, 0.15) is 5.82 Å². The molecular weight excluding hydrogens is 237 g/mol. The topological polar surface area (TPSA) is 12.0 Å². The van der Waals surface area contributed by atoms with E-state index < -0.39 is 0 Å². The molecule has 0 bridgehead atoms. The third-order valence-electron chi connectivity index (χ3n) is 4.39. The van der Waals surface area contributed by atoms with Crippen molar-refractivity contribution in [3.05, 3.63) is 35.1 Å². The number of hydrogen-bond donors (Lipinski definition) is 1. The first-order chi connectivity index (χ1) is 9.15. The van der Waals surface area contributed by atoms with Crippen molar-refractivity contribution < 1.29 is 4.39 Å². The highest BCUT2D eigenvalue weighted by Crippen LogP contribution is 2.30. The SMILES string of the molecule is Cc1cc(F)ccc1CNCCC1CCCC(C)C1. The van der Waals surface area contributed by atoms with E-state index in [0.717, 1.165) is 30.5 Å². The second-order valence-electron chi connectivity index (χ2n) is 6.17. The first kappa shape index (κ1) is 14.5. The Labute approximate surface area is 116 Å². The Morgan fingerprint density at radius 3 is 2.89 bits per heavy atom. The normalized spacial score (nSPS) is 23.5. The molecule has 0 saturated heterocycles. The van der Waals surface area contributed by atoms with E-state index in [-0.39, 0.29) is 5.82 Å². The maximum absolute atomic E-state index is 13.0. The molecule has 1 nitrogen and oxygen atoms in total. The Morgan fingerprint density at radius 1 is 1.32 bits per heavy atom. The number of rotatable bonds is 5. The molecule has 1 aromatic rings. The molecule has 2 unspecified atom stereocenters. The average molecular weight is 263 g/mol. The maximum atomic E-state index is 13.0. The lowest BCUT2D eigenvalue weighted by atomic mass is 9.81. The van der Waals surface area contributed by atoms with Crippen LogP contribution in [-0.4, -0.2) is 6.54 Å². The van der Waals surface area contributed by atoms with Crippen LogP contribution < -0.4 is 5.32 Å². The number of halogens is 1. The fourth-order valence-electron chi connectivity index (χ4n) is 3.21. The Morgan fingerprint density at radius 2 is 2.16 bits per heavy atom. The van der Waals surface area contributed by atoms with E-state index in [1.54, 1.807) is 12.1 Å². The van der Waals surface area contributed by atoms with Crippen LogP contribution in [0.3, 0.4) is 0 Å². The highest BCUT2D eigenvalue weighted by Gasteiger charge is 2.18. The molecule has 106 valence electrons. The lowest BCUT2D eigenvalue weighted by Crippen LogP contribution is -2.21. The van der Waals surface area contributed by atoms with Gasteiger partial charge in [0.05, 0.1) is 0 Å². The third kappa shape index (κ3) is 4.61. The van der Waals surface area contributed by atoms with E-state index in [2.05, 4.69) is 12.2 Å². The summed E-state index contributed by atoms with van der Waals surface area (Å²) >= 11 is 0. The number of hydrogen-bond acceptors (Lipinski definition) is 1. The third-order valence-corrected chi connectivity index (χ3v) is 4.39. The van der Waals surface area contributed by atoms with E-state index in [4.69, 9.17) is 0 Å². The molecule has 2 atom stereocenters. The number of aryl methyl sites for hydroxylation is 1. The Hall–Kier alpha value is -0.890. The van der Waals surface area contributed by atoms with Gasteiger partial charge in [0.15, 0.2) is 0 Å². The van der Waals surface area contributed by atoms with Crippen LogP contribution in [0.15, 0.2) is 18.2 Å². The summed E-state index contributed by atoms with van der Waals surface area (Å²) in [5.74, 6) is 1.68. The van der Waals surface area contributed by atoms with Crippen LogP contribution in [0.25, 0.3) is 0 Å². The highest BCUT2D eigenvalue weighted by atomic mass is 19.1. The molecule has 2 rings (SSSR count). The summed E-state index contributed by atoms with van der Waals surface area (Å²) in [6.07, 6.45) is 6.91. The van der Waals surface area contributed by atoms with Gasteiger partial charge in [-0.1, -0.05) is 32.3 Å². The summed E-state index contributed by atoms with van der Waals surface area (Å²) in [5.41, 5.74) is 2.25. The molecule has 19 heavy (non-hydrogen) atoms. The summed E-state index contributed by atoms with van der Waals surface area (Å²) in [6, 6.07) is 5.05. The van der Waals surface area contributed by atoms with Crippen molar-refractivity contribution in [2.24, 2.45) is 11.8 Å². The predicted molar refractivity (Wildman–Crippen MR) is 78.6 cm³/mol. The average Bonchev–Trinajstić information content (AvgIpc) is 2.37. The van der Waals surface area contributed by atoms with E-state index in [1.807, 2.05) is 13.0 Å². The van der Waals surface area contributed by atoms with Crippen molar-refractivity contribution in [3.63, 3.8) is 0 Å². The van der Waals surface area contributed by atoms with Crippen molar-refractivity contribution in [3.8, 4) is 0 Å². The lowest BCUT2D eigenvalue weighted by Gasteiger charge is -2.26. The quantitative estimate of drug-likeness (QED) is 0.774. The molecule has 1 aliphatic rings. The van der Waals surface area contributed by atoms with Gasteiger partial charge in [-0.2, -0.15) is 0 Å². The Kier molecular flexibility index (Phi) is 5.38. The zero-order valence-electron chi connectivity index (χ0n) is 12.2. The largest absolute Gasteiger partial charge is 0.313 e. The zero-order chi connectivity index (χ0) is 13.7. The molecule has 0 amide bonds. The first-order valence-electron chi connectivity index (χ1n) is 7.61. The van der Waals surface area contributed by atoms with Gasteiger partial charge in [-0.15, -0.1) is 0 Å². The van der Waals surface area contributed by atoms with Crippen LogP contribution in [-0.2, 0) is 6.54 Å². The maximum Gasteiger partial charge on any atom is 0.123 e. The molecule has 1 saturated carbocycles. The van der Waals surface area contributed by atoms with E-state index in [1.165, 1.54) is 37.7 Å². The molecule has 0 aromatic heterocycles.